The van der Waals surface area contributed by atoms with Crippen LogP contribution in [0.25, 0.3) is 0 Å². The summed E-state index contributed by atoms with van der Waals surface area (Å²) in [5.41, 5.74) is 6.27. The van der Waals surface area contributed by atoms with E-state index in [2.05, 4.69) is 5.32 Å². The molecule has 0 spiro atoms. The van der Waals surface area contributed by atoms with Crippen LogP contribution in [0.2, 0.25) is 5.02 Å². The lowest BCUT2D eigenvalue weighted by atomic mass is 9.93. The Morgan fingerprint density at radius 2 is 2.17 bits per heavy atom. The van der Waals surface area contributed by atoms with E-state index in [1.807, 2.05) is 19.9 Å². The van der Waals surface area contributed by atoms with Gasteiger partial charge < -0.3 is 16.0 Å². The molecule has 0 radical (unpaired) electrons. The highest BCUT2D eigenvalue weighted by Crippen LogP contribution is 2.38. The Balaban J connectivity index is 2.02. The van der Waals surface area contributed by atoms with Crippen LogP contribution in [0.15, 0.2) is 23.1 Å². The number of carbonyl (C=O) groups excluding carboxylic acids is 2. The maximum Gasteiger partial charge on any atom is 0.238 e. The molecule has 1 aliphatic rings. The molecule has 1 heterocycles. The van der Waals surface area contributed by atoms with Crippen molar-refractivity contribution in [2.75, 3.05) is 25.5 Å². The number of halogens is 1. The average Bonchev–Trinajstić information content (AvgIpc) is 2.47. The van der Waals surface area contributed by atoms with E-state index >= 15 is 0 Å². The van der Waals surface area contributed by atoms with Crippen LogP contribution >= 0.6 is 23.4 Å². The summed E-state index contributed by atoms with van der Waals surface area (Å²) in [6.45, 7) is 5.09. The Morgan fingerprint density at radius 1 is 1.48 bits per heavy atom. The Morgan fingerprint density at radius 3 is 2.83 bits per heavy atom. The first-order valence-corrected chi connectivity index (χ1v) is 8.69. The Labute approximate surface area is 145 Å². The van der Waals surface area contributed by atoms with E-state index < -0.39 is 5.25 Å². The van der Waals surface area contributed by atoms with Gasteiger partial charge in [0.1, 0.15) is 0 Å². The standard InChI is InChI=1S/C16H22ClN3O2S/c1-16(2,8-18)9-20(3)14(21)7-13-15(22)19-11-6-10(17)4-5-12(11)23-13/h4-6,13H,7-9,18H2,1-3H3,(H,19,22). The molecular formula is C16H22ClN3O2S. The first kappa shape index (κ1) is 18.1. The zero-order valence-corrected chi connectivity index (χ0v) is 15.1. The molecule has 2 amide bonds. The molecule has 0 aromatic heterocycles. The second-order valence-corrected chi connectivity index (χ2v) is 8.24. The van der Waals surface area contributed by atoms with Crippen LogP contribution in [-0.2, 0) is 9.59 Å². The van der Waals surface area contributed by atoms with Crippen molar-refractivity contribution in [2.45, 2.75) is 30.4 Å². The van der Waals surface area contributed by atoms with Crippen LogP contribution in [0.1, 0.15) is 20.3 Å². The molecule has 5 nitrogen and oxygen atoms in total. The summed E-state index contributed by atoms with van der Waals surface area (Å²) in [6, 6.07) is 5.36. The van der Waals surface area contributed by atoms with Gasteiger partial charge in [0.15, 0.2) is 0 Å². The lowest BCUT2D eigenvalue weighted by molar-refractivity contribution is -0.132. The first-order chi connectivity index (χ1) is 10.7. The second kappa shape index (κ2) is 7.11. The third-order valence-electron chi connectivity index (χ3n) is 3.76. The SMILES string of the molecule is CN(CC(C)(C)CN)C(=O)CC1Sc2ccc(Cl)cc2NC1=O. The number of carbonyl (C=O) groups is 2. The number of nitrogens with zero attached hydrogens (tertiary/aromatic N) is 1. The number of nitrogens with one attached hydrogen (secondary N) is 1. The summed E-state index contributed by atoms with van der Waals surface area (Å²) in [5.74, 6) is -0.221. The Bertz CT molecular complexity index is 621. The molecule has 0 saturated carbocycles. The first-order valence-electron chi connectivity index (χ1n) is 7.43. The van der Waals surface area contributed by atoms with Crippen LogP contribution in [0.4, 0.5) is 5.69 Å². The molecule has 0 aliphatic carbocycles. The number of hydrogen-bond donors (Lipinski definition) is 2. The summed E-state index contributed by atoms with van der Waals surface area (Å²) < 4.78 is 0. The van der Waals surface area contributed by atoms with Gasteiger partial charge in [-0.25, -0.2) is 0 Å². The van der Waals surface area contributed by atoms with Crippen molar-refractivity contribution in [3.8, 4) is 0 Å². The topological polar surface area (TPSA) is 75.4 Å². The van der Waals surface area contributed by atoms with Gasteiger partial charge in [-0.2, -0.15) is 0 Å². The van der Waals surface area contributed by atoms with Crippen LogP contribution in [0, 0.1) is 5.41 Å². The van der Waals surface area contributed by atoms with Crippen molar-refractivity contribution in [3.63, 3.8) is 0 Å². The molecule has 1 atom stereocenters. The molecule has 126 valence electrons. The predicted octanol–water partition coefficient (Wildman–Crippen LogP) is 2.59. The van der Waals surface area contributed by atoms with Crippen molar-refractivity contribution in [1.82, 2.24) is 4.90 Å². The quantitative estimate of drug-likeness (QED) is 0.851. The van der Waals surface area contributed by atoms with Gasteiger partial charge in [-0.05, 0) is 30.2 Å². The predicted molar refractivity (Wildman–Crippen MR) is 94.8 cm³/mol. The summed E-state index contributed by atoms with van der Waals surface area (Å²) in [5, 5.41) is 2.96. The maximum absolute atomic E-state index is 12.4. The molecule has 0 bridgehead atoms. The van der Waals surface area contributed by atoms with Gasteiger partial charge in [-0.1, -0.05) is 25.4 Å². The normalized spacial score (nSPS) is 17.4. The largest absolute Gasteiger partial charge is 0.345 e. The van der Waals surface area contributed by atoms with Crippen LogP contribution in [-0.4, -0.2) is 42.1 Å². The summed E-state index contributed by atoms with van der Waals surface area (Å²) in [4.78, 5) is 27.2. The van der Waals surface area contributed by atoms with Gasteiger partial charge in [0, 0.05) is 29.9 Å². The van der Waals surface area contributed by atoms with Crippen molar-refractivity contribution in [3.05, 3.63) is 23.2 Å². The van der Waals surface area contributed by atoms with Crippen molar-refractivity contribution in [2.24, 2.45) is 11.1 Å². The highest BCUT2D eigenvalue weighted by atomic mass is 35.5. The number of hydrogen-bond acceptors (Lipinski definition) is 4. The number of thioether (sulfide) groups is 1. The molecule has 2 rings (SSSR count). The number of fused-ring (bicyclic) bond motifs is 1. The highest BCUT2D eigenvalue weighted by Gasteiger charge is 2.31. The minimum absolute atomic E-state index is 0.0587. The zero-order valence-electron chi connectivity index (χ0n) is 13.6. The van der Waals surface area contributed by atoms with Crippen molar-refractivity contribution < 1.29 is 9.59 Å². The third kappa shape index (κ3) is 4.62. The molecular weight excluding hydrogens is 334 g/mol. The molecule has 1 unspecified atom stereocenters. The van der Waals surface area contributed by atoms with E-state index in [-0.39, 0.29) is 23.7 Å². The van der Waals surface area contributed by atoms with Crippen molar-refractivity contribution in [1.29, 1.82) is 0 Å². The van der Waals surface area contributed by atoms with E-state index in [0.29, 0.717) is 23.8 Å². The third-order valence-corrected chi connectivity index (χ3v) is 5.27. The summed E-state index contributed by atoms with van der Waals surface area (Å²) in [6.07, 6.45) is 0.162. The molecule has 0 fully saturated rings. The summed E-state index contributed by atoms with van der Waals surface area (Å²) in [7, 11) is 1.75. The number of rotatable bonds is 5. The number of benzene rings is 1. The van der Waals surface area contributed by atoms with E-state index in [0.717, 1.165) is 4.90 Å². The molecule has 1 aromatic carbocycles. The van der Waals surface area contributed by atoms with E-state index in [1.165, 1.54) is 11.8 Å². The van der Waals surface area contributed by atoms with Crippen molar-refractivity contribution >= 4 is 40.9 Å². The Kier molecular flexibility index (Phi) is 5.60. The van der Waals surface area contributed by atoms with Gasteiger partial charge >= 0.3 is 0 Å². The van der Waals surface area contributed by atoms with Gasteiger partial charge in [0.25, 0.3) is 0 Å². The molecule has 1 aromatic rings. The fraction of sp³-hybridized carbons (Fsp3) is 0.500. The molecule has 0 saturated heterocycles. The van der Waals surface area contributed by atoms with E-state index in [9.17, 15) is 9.59 Å². The monoisotopic (exact) mass is 355 g/mol. The minimum Gasteiger partial charge on any atom is -0.345 e. The average molecular weight is 356 g/mol. The van der Waals surface area contributed by atoms with E-state index in [4.69, 9.17) is 17.3 Å². The van der Waals surface area contributed by atoms with Gasteiger partial charge in [-0.15, -0.1) is 11.8 Å². The van der Waals surface area contributed by atoms with E-state index in [1.54, 1.807) is 24.1 Å². The Hall–Kier alpha value is -1.24. The highest BCUT2D eigenvalue weighted by molar-refractivity contribution is 8.01. The van der Waals surface area contributed by atoms with Gasteiger partial charge in [-0.3, -0.25) is 9.59 Å². The maximum atomic E-state index is 12.4. The molecule has 23 heavy (non-hydrogen) atoms. The lowest BCUT2D eigenvalue weighted by Crippen LogP contribution is -2.42. The number of anilines is 1. The lowest BCUT2D eigenvalue weighted by Gasteiger charge is -2.30. The summed E-state index contributed by atoms with van der Waals surface area (Å²) >= 11 is 7.33. The van der Waals surface area contributed by atoms with Gasteiger partial charge in [0.05, 0.1) is 10.9 Å². The molecule has 3 N–H and O–H groups in total. The number of nitrogens with two attached hydrogens (primary N) is 1. The molecule has 7 heteroatoms. The fourth-order valence-corrected chi connectivity index (χ4v) is 3.62. The van der Waals surface area contributed by atoms with Crippen LogP contribution in [0.5, 0.6) is 0 Å². The van der Waals surface area contributed by atoms with Crippen LogP contribution in [0.3, 0.4) is 0 Å². The zero-order chi connectivity index (χ0) is 17.2. The number of amides is 2. The second-order valence-electron chi connectivity index (χ2n) is 6.56. The van der Waals surface area contributed by atoms with Crippen LogP contribution < -0.4 is 11.1 Å². The molecule has 1 aliphatic heterocycles. The minimum atomic E-state index is -0.431. The smallest absolute Gasteiger partial charge is 0.238 e. The van der Waals surface area contributed by atoms with Gasteiger partial charge in [0.2, 0.25) is 11.8 Å². The fourth-order valence-electron chi connectivity index (χ4n) is 2.37.